The number of ether oxygens (including phenoxy) is 1. The highest BCUT2D eigenvalue weighted by Gasteiger charge is 2.12. The van der Waals surface area contributed by atoms with Gasteiger partial charge in [-0.2, -0.15) is 5.10 Å². The molecule has 1 aromatic heterocycles. The van der Waals surface area contributed by atoms with Crippen LogP contribution in [0.2, 0.25) is 5.15 Å². The highest BCUT2D eigenvalue weighted by molar-refractivity contribution is 6.29. The summed E-state index contributed by atoms with van der Waals surface area (Å²) in [5.41, 5.74) is 0.827. The van der Waals surface area contributed by atoms with Crippen LogP contribution in [-0.2, 0) is 11.3 Å². The molecule has 2 heterocycles. The van der Waals surface area contributed by atoms with Crippen molar-refractivity contribution in [3.8, 4) is 0 Å². The zero-order chi connectivity index (χ0) is 11.2. The van der Waals surface area contributed by atoms with E-state index in [0.29, 0.717) is 17.7 Å². The predicted molar refractivity (Wildman–Crippen MR) is 69.5 cm³/mol. The highest BCUT2D eigenvalue weighted by atomic mass is 35.5. The topological polar surface area (TPSA) is 47.0 Å². The Morgan fingerprint density at radius 3 is 2.94 bits per heavy atom. The minimum atomic E-state index is 0. The molecule has 2 rings (SSSR count). The van der Waals surface area contributed by atoms with Gasteiger partial charge in [-0.25, -0.2) is 0 Å². The lowest BCUT2D eigenvalue weighted by molar-refractivity contribution is 0.0759. The molecular formula is C11H17Cl2N3O. The van der Waals surface area contributed by atoms with Crippen LogP contribution < -0.4 is 5.32 Å². The Labute approximate surface area is 113 Å². The summed E-state index contributed by atoms with van der Waals surface area (Å²) in [7, 11) is 0. The van der Waals surface area contributed by atoms with Crippen molar-refractivity contribution in [2.24, 2.45) is 5.92 Å². The molecule has 0 bridgehead atoms. The summed E-state index contributed by atoms with van der Waals surface area (Å²) in [4.78, 5) is 0. The lowest BCUT2D eigenvalue weighted by Crippen LogP contribution is -2.32. The van der Waals surface area contributed by atoms with Gasteiger partial charge in [0.05, 0.1) is 18.9 Å². The van der Waals surface area contributed by atoms with Gasteiger partial charge < -0.3 is 10.1 Å². The van der Waals surface area contributed by atoms with Crippen molar-refractivity contribution in [1.29, 1.82) is 0 Å². The molecule has 1 N–H and O–H groups in total. The average molecular weight is 278 g/mol. The van der Waals surface area contributed by atoms with E-state index in [0.717, 1.165) is 25.4 Å². The summed E-state index contributed by atoms with van der Waals surface area (Å²) in [5, 5.41) is 11.5. The number of hydrogen-bond acceptors (Lipinski definition) is 4. The fourth-order valence-electron chi connectivity index (χ4n) is 1.82. The fraction of sp³-hybridized carbons (Fsp3) is 0.636. The molecule has 0 amide bonds. The van der Waals surface area contributed by atoms with Gasteiger partial charge in [-0.3, -0.25) is 0 Å². The first kappa shape index (κ1) is 14.6. The molecule has 0 saturated carbocycles. The summed E-state index contributed by atoms with van der Waals surface area (Å²) in [6.45, 7) is 3.50. The van der Waals surface area contributed by atoms with Crippen LogP contribution in [0, 0.1) is 5.92 Å². The maximum atomic E-state index is 5.64. The van der Waals surface area contributed by atoms with Crippen molar-refractivity contribution in [1.82, 2.24) is 15.5 Å². The van der Waals surface area contributed by atoms with Crippen LogP contribution >= 0.6 is 24.0 Å². The standard InChI is InChI=1S/C11H16ClN3O.ClH/c12-11-4-3-10(14-15-11)8-16-7-9-2-1-5-13-6-9;/h3-4,9,13H,1-2,5-8H2;1H. The molecule has 1 aliphatic rings. The molecule has 0 spiro atoms. The second kappa shape index (κ2) is 7.82. The Kier molecular flexibility index (Phi) is 6.73. The third-order valence-electron chi connectivity index (χ3n) is 2.69. The summed E-state index contributed by atoms with van der Waals surface area (Å²) in [6.07, 6.45) is 2.49. The van der Waals surface area contributed by atoms with E-state index in [1.54, 1.807) is 6.07 Å². The molecule has 96 valence electrons. The lowest BCUT2D eigenvalue weighted by atomic mass is 10.0. The van der Waals surface area contributed by atoms with E-state index in [9.17, 15) is 0 Å². The van der Waals surface area contributed by atoms with E-state index in [1.165, 1.54) is 12.8 Å². The first-order chi connectivity index (χ1) is 7.84. The minimum absolute atomic E-state index is 0. The fourth-order valence-corrected chi connectivity index (χ4v) is 1.92. The largest absolute Gasteiger partial charge is 0.375 e. The van der Waals surface area contributed by atoms with Crippen LogP contribution in [-0.4, -0.2) is 29.9 Å². The van der Waals surface area contributed by atoms with Crippen LogP contribution in [0.1, 0.15) is 18.5 Å². The molecular weight excluding hydrogens is 261 g/mol. The van der Waals surface area contributed by atoms with Crippen LogP contribution in [0.4, 0.5) is 0 Å². The second-order valence-corrected chi connectivity index (χ2v) is 4.46. The van der Waals surface area contributed by atoms with Crippen LogP contribution in [0.5, 0.6) is 0 Å². The quantitative estimate of drug-likeness (QED) is 0.916. The van der Waals surface area contributed by atoms with Crippen molar-refractivity contribution in [3.05, 3.63) is 23.0 Å². The van der Waals surface area contributed by atoms with Gasteiger partial charge in [-0.15, -0.1) is 17.5 Å². The van der Waals surface area contributed by atoms with Gasteiger partial charge in [0.15, 0.2) is 5.15 Å². The van der Waals surface area contributed by atoms with E-state index >= 15 is 0 Å². The number of piperidine rings is 1. The Bertz CT molecular complexity index is 315. The van der Waals surface area contributed by atoms with E-state index in [4.69, 9.17) is 16.3 Å². The van der Waals surface area contributed by atoms with E-state index in [-0.39, 0.29) is 12.4 Å². The van der Waals surface area contributed by atoms with Gasteiger partial charge in [-0.1, -0.05) is 11.6 Å². The van der Waals surface area contributed by atoms with Crippen LogP contribution in [0.25, 0.3) is 0 Å². The second-order valence-electron chi connectivity index (χ2n) is 4.07. The van der Waals surface area contributed by atoms with Crippen molar-refractivity contribution in [2.45, 2.75) is 19.4 Å². The van der Waals surface area contributed by atoms with Gasteiger partial charge in [0.2, 0.25) is 0 Å². The zero-order valence-electron chi connectivity index (χ0n) is 9.56. The molecule has 0 radical (unpaired) electrons. The molecule has 1 saturated heterocycles. The first-order valence-corrected chi connectivity index (χ1v) is 5.99. The summed E-state index contributed by atoms with van der Waals surface area (Å²) < 4.78 is 5.61. The van der Waals surface area contributed by atoms with Gasteiger partial charge >= 0.3 is 0 Å². The first-order valence-electron chi connectivity index (χ1n) is 5.61. The summed E-state index contributed by atoms with van der Waals surface area (Å²) in [5.74, 6) is 0.633. The molecule has 1 atom stereocenters. The van der Waals surface area contributed by atoms with Crippen LogP contribution in [0.15, 0.2) is 12.1 Å². The number of halogens is 2. The lowest BCUT2D eigenvalue weighted by Gasteiger charge is -2.22. The van der Waals surface area contributed by atoms with Gasteiger partial charge in [-0.05, 0) is 37.4 Å². The normalized spacial score (nSPS) is 19.7. The molecule has 6 heteroatoms. The SMILES string of the molecule is Cl.Clc1ccc(COCC2CCCNC2)nn1. The number of hydrogen-bond donors (Lipinski definition) is 1. The summed E-state index contributed by atoms with van der Waals surface area (Å²) in [6, 6.07) is 3.57. The Balaban J connectivity index is 0.00000144. The molecule has 0 aliphatic carbocycles. The highest BCUT2D eigenvalue weighted by Crippen LogP contribution is 2.11. The number of nitrogens with zero attached hydrogens (tertiary/aromatic N) is 2. The minimum Gasteiger partial charge on any atom is -0.375 e. The molecule has 1 unspecified atom stereocenters. The monoisotopic (exact) mass is 277 g/mol. The molecule has 0 aromatic carbocycles. The van der Waals surface area contributed by atoms with Crippen molar-refractivity contribution in [3.63, 3.8) is 0 Å². The van der Waals surface area contributed by atoms with Crippen molar-refractivity contribution < 1.29 is 4.74 Å². The van der Waals surface area contributed by atoms with Gasteiger partial charge in [0.25, 0.3) is 0 Å². The van der Waals surface area contributed by atoms with E-state index in [1.807, 2.05) is 6.07 Å². The Morgan fingerprint density at radius 1 is 1.41 bits per heavy atom. The van der Waals surface area contributed by atoms with E-state index < -0.39 is 0 Å². The molecule has 1 fully saturated rings. The molecule has 4 nitrogen and oxygen atoms in total. The third kappa shape index (κ3) is 5.17. The summed E-state index contributed by atoms with van der Waals surface area (Å²) >= 11 is 5.64. The smallest absolute Gasteiger partial charge is 0.151 e. The Hall–Kier alpha value is -0.420. The molecule has 1 aliphatic heterocycles. The van der Waals surface area contributed by atoms with E-state index in [2.05, 4.69) is 15.5 Å². The number of aromatic nitrogens is 2. The van der Waals surface area contributed by atoms with Gasteiger partial charge in [0.1, 0.15) is 0 Å². The number of nitrogens with one attached hydrogen (secondary N) is 1. The molecule has 17 heavy (non-hydrogen) atoms. The number of rotatable bonds is 4. The molecule has 1 aromatic rings. The van der Waals surface area contributed by atoms with Crippen molar-refractivity contribution >= 4 is 24.0 Å². The average Bonchev–Trinajstić information content (AvgIpc) is 2.33. The van der Waals surface area contributed by atoms with Crippen LogP contribution in [0.3, 0.4) is 0 Å². The van der Waals surface area contributed by atoms with Crippen molar-refractivity contribution in [2.75, 3.05) is 19.7 Å². The maximum Gasteiger partial charge on any atom is 0.151 e. The van der Waals surface area contributed by atoms with Gasteiger partial charge in [0, 0.05) is 6.54 Å². The maximum absolute atomic E-state index is 5.64. The zero-order valence-corrected chi connectivity index (χ0v) is 11.1. The third-order valence-corrected chi connectivity index (χ3v) is 2.89. The predicted octanol–water partition coefficient (Wildman–Crippen LogP) is 2.07. The Morgan fingerprint density at radius 2 is 2.29 bits per heavy atom.